The Morgan fingerprint density at radius 3 is 2.72 bits per heavy atom. The van der Waals surface area contributed by atoms with Crippen LogP contribution in [0.2, 0.25) is 0 Å². The molecule has 140 valence electrons. The minimum absolute atomic E-state index is 0.0652. The number of carbonyl (C=O) groups is 2. The standard InChI is InChI=1S/C19H30N2O4/c1-5-8-16(6-2)13-25-14(3)18(20-15(4)23)19(24)21-10-7-9-17(11-21)12-22/h5-6,8,14,17-18,22H,1-2,7,9-13H2,3-4H3,(H,20,23)/b16-8+. The molecule has 6 nitrogen and oxygen atoms in total. The number of piperidine rings is 1. The summed E-state index contributed by atoms with van der Waals surface area (Å²) in [6, 6.07) is -0.760. The van der Waals surface area contributed by atoms with Gasteiger partial charge in [0, 0.05) is 26.6 Å². The first-order valence-electron chi connectivity index (χ1n) is 8.65. The molecule has 6 heteroatoms. The SMILES string of the molecule is C=C/C=C(\C=C)COC(C)C(NC(C)=O)C(=O)N1CCCC(CO)C1. The van der Waals surface area contributed by atoms with Gasteiger partial charge in [0.1, 0.15) is 6.04 Å². The van der Waals surface area contributed by atoms with E-state index in [0.717, 1.165) is 18.4 Å². The van der Waals surface area contributed by atoms with Crippen molar-refractivity contribution < 1.29 is 19.4 Å². The molecule has 2 N–H and O–H groups in total. The van der Waals surface area contributed by atoms with E-state index in [-0.39, 0.29) is 30.9 Å². The predicted octanol–water partition coefficient (Wildman–Crippen LogP) is 1.43. The third kappa shape index (κ3) is 6.84. The van der Waals surface area contributed by atoms with Crippen molar-refractivity contribution in [3.05, 3.63) is 37.0 Å². The second kappa shape index (κ2) is 10.8. The molecular formula is C19H30N2O4. The van der Waals surface area contributed by atoms with Gasteiger partial charge in [-0.05, 0) is 31.3 Å². The highest BCUT2D eigenvalue weighted by atomic mass is 16.5. The number of aliphatic hydroxyl groups excluding tert-OH is 1. The number of hydrogen-bond acceptors (Lipinski definition) is 4. The van der Waals surface area contributed by atoms with E-state index in [1.165, 1.54) is 6.92 Å². The Hall–Kier alpha value is -1.92. The summed E-state index contributed by atoms with van der Waals surface area (Å²) in [6.45, 7) is 12.0. The fourth-order valence-electron chi connectivity index (χ4n) is 2.86. The zero-order valence-electron chi connectivity index (χ0n) is 15.2. The van der Waals surface area contributed by atoms with Crippen LogP contribution in [0.5, 0.6) is 0 Å². The molecule has 1 saturated heterocycles. The van der Waals surface area contributed by atoms with Crippen molar-refractivity contribution in [2.24, 2.45) is 5.92 Å². The molecule has 25 heavy (non-hydrogen) atoms. The minimum Gasteiger partial charge on any atom is -0.396 e. The number of aliphatic hydroxyl groups is 1. The Morgan fingerprint density at radius 2 is 2.16 bits per heavy atom. The summed E-state index contributed by atoms with van der Waals surface area (Å²) in [6.07, 6.45) is 6.35. The van der Waals surface area contributed by atoms with Crippen molar-refractivity contribution in [1.29, 1.82) is 0 Å². The molecule has 3 unspecified atom stereocenters. The summed E-state index contributed by atoms with van der Waals surface area (Å²) in [5.41, 5.74) is 0.842. The number of hydrogen-bond donors (Lipinski definition) is 2. The molecule has 1 aliphatic heterocycles. The minimum atomic E-state index is -0.760. The van der Waals surface area contributed by atoms with Crippen molar-refractivity contribution in [2.45, 2.75) is 38.8 Å². The summed E-state index contributed by atoms with van der Waals surface area (Å²) in [7, 11) is 0. The first-order valence-corrected chi connectivity index (χ1v) is 8.65. The van der Waals surface area contributed by atoms with Gasteiger partial charge in [-0.2, -0.15) is 0 Å². The molecule has 0 radical (unpaired) electrons. The lowest BCUT2D eigenvalue weighted by molar-refractivity contribution is -0.142. The quantitative estimate of drug-likeness (QED) is 0.617. The van der Waals surface area contributed by atoms with E-state index in [9.17, 15) is 14.7 Å². The lowest BCUT2D eigenvalue weighted by Crippen LogP contribution is -2.56. The molecule has 1 rings (SSSR count). The zero-order valence-corrected chi connectivity index (χ0v) is 15.2. The summed E-state index contributed by atoms with van der Waals surface area (Å²) in [4.78, 5) is 26.1. The second-order valence-corrected chi connectivity index (χ2v) is 6.35. The molecular weight excluding hydrogens is 320 g/mol. The smallest absolute Gasteiger partial charge is 0.247 e. The molecule has 1 aliphatic rings. The Morgan fingerprint density at radius 1 is 1.44 bits per heavy atom. The maximum Gasteiger partial charge on any atom is 0.247 e. The lowest BCUT2D eigenvalue weighted by Gasteiger charge is -2.35. The summed E-state index contributed by atoms with van der Waals surface area (Å²) in [5.74, 6) is -0.362. The molecule has 0 saturated carbocycles. The van der Waals surface area contributed by atoms with Crippen LogP contribution in [0.25, 0.3) is 0 Å². The molecule has 0 spiro atoms. The molecule has 0 bridgehead atoms. The Kier molecular flexibility index (Phi) is 9.16. The van der Waals surface area contributed by atoms with E-state index >= 15 is 0 Å². The van der Waals surface area contributed by atoms with Crippen LogP contribution >= 0.6 is 0 Å². The van der Waals surface area contributed by atoms with Crippen LogP contribution in [0, 0.1) is 5.92 Å². The lowest BCUT2D eigenvalue weighted by atomic mass is 9.98. The fraction of sp³-hybridized carbons (Fsp3) is 0.579. The highest BCUT2D eigenvalue weighted by Crippen LogP contribution is 2.18. The normalized spacial score (nSPS) is 20.5. The van der Waals surface area contributed by atoms with E-state index in [1.807, 2.05) is 0 Å². The van der Waals surface area contributed by atoms with E-state index in [1.54, 1.807) is 30.1 Å². The highest BCUT2D eigenvalue weighted by molar-refractivity contribution is 5.87. The zero-order chi connectivity index (χ0) is 18.8. The largest absolute Gasteiger partial charge is 0.396 e. The van der Waals surface area contributed by atoms with E-state index < -0.39 is 12.1 Å². The highest BCUT2D eigenvalue weighted by Gasteiger charge is 2.33. The first kappa shape index (κ1) is 21.1. The summed E-state index contributed by atoms with van der Waals surface area (Å²) in [5, 5.41) is 12.1. The Bertz CT molecular complexity index is 516. The molecule has 0 aliphatic carbocycles. The van der Waals surface area contributed by atoms with Gasteiger partial charge >= 0.3 is 0 Å². The first-order chi connectivity index (χ1) is 11.9. The number of nitrogens with zero attached hydrogens (tertiary/aromatic N) is 1. The summed E-state index contributed by atoms with van der Waals surface area (Å²) < 4.78 is 5.78. The molecule has 1 fully saturated rings. The van der Waals surface area contributed by atoms with Crippen LogP contribution in [0.15, 0.2) is 37.0 Å². The van der Waals surface area contributed by atoms with Crippen LogP contribution in [0.4, 0.5) is 0 Å². The Labute approximate surface area is 150 Å². The fourth-order valence-corrected chi connectivity index (χ4v) is 2.86. The predicted molar refractivity (Wildman–Crippen MR) is 97.9 cm³/mol. The number of carbonyl (C=O) groups excluding carboxylic acids is 2. The molecule has 0 aromatic carbocycles. The van der Waals surface area contributed by atoms with Gasteiger partial charge in [0.25, 0.3) is 0 Å². The topological polar surface area (TPSA) is 78.9 Å². The molecule has 0 aromatic rings. The van der Waals surface area contributed by atoms with Gasteiger partial charge in [-0.3, -0.25) is 9.59 Å². The average molecular weight is 350 g/mol. The molecule has 3 atom stereocenters. The van der Waals surface area contributed by atoms with Crippen LogP contribution in [-0.2, 0) is 14.3 Å². The number of rotatable bonds is 9. The van der Waals surface area contributed by atoms with Crippen LogP contribution in [-0.4, -0.2) is 60.3 Å². The van der Waals surface area contributed by atoms with Gasteiger partial charge in [0.2, 0.25) is 11.8 Å². The summed E-state index contributed by atoms with van der Waals surface area (Å²) >= 11 is 0. The van der Waals surface area contributed by atoms with Crippen molar-refractivity contribution >= 4 is 11.8 Å². The van der Waals surface area contributed by atoms with Gasteiger partial charge in [0.05, 0.1) is 12.7 Å². The van der Waals surface area contributed by atoms with Gasteiger partial charge in [-0.1, -0.05) is 31.4 Å². The van der Waals surface area contributed by atoms with Crippen molar-refractivity contribution in [2.75, 3.05) is 26.3 Å². The number of nitrogens with one attached hydrogen (secondary N) is 1. The van der Waals surface area contributed by atoms with Crippen LogP contribution in [0.3, 0.4) is 0 Å². The monoisotopic (exact) mass is 350 g/mol. The van der Waals surface area contributed by atoms with Gasteiger partial charge in [0.15, 0.2) is 0 Å². The average Bonchev–Trinajstić information content (AvgIpc) is 2.62. The maximum atomic E-state index is 12.9. The van der Waals surface area contributed by atoms with Gasteiger partial charge in [-0.15, -0.1) is 0 Å². The molecule has 2 amide bonds. The van der Waals surface area contributed by atoms with Crippen LogP contribution in [0.1, 0.15) is 26.7 Å². The van der Waals surface area contributed by atoms with Crippen molar-refractivity contribution in [3.63, 3.8) is 0 Å². The van der Waals surface area contributed by atoms with E-state index in [2.05, 4.69) is 18.5 Å². The Balaban J connectivity index is 2.78. The maximum absolute atomic E-state index is 12.9. The third-order valence-electron chi connectivity index (χ3n) is 4.29. The second-order valence-electron chi connectivity index (χ2n) is 6.35. The third-order valence-corrected chi connectivity index (χ3v) is 4.29. The molecule has 0 aromatic heterocycles. The van der Waals surface area contributed by atoms with Crippen molar-refractivity contribution in [1.82, 2.24) is 10.2 Å². The number of amides is 2. The number of ether oxygens (including phenoxy) is 1. The van der Waals surface area contributed by atoms with Crippen LogP contribution < -0.4 is 5.32 Å². The number of likely N-dealkylation sites (tertiary alicyclic amines) is 1. The van der Waals surface area contributed by atoms with Gasteiger partial charge in [-0.25, -0.2) is 0 Å². The van der Waals surface area contributed by atoms with E-state index in [4.69, 9.17) is 4.74 Å². The van der Waals surface area contributed by atoms with Gasteiger partial charge < -0.3 is 20.1 Å². The molecule has 1 heterocycles. The number of allylic oxidation sites excluding steroid dienone is 2. The van der Waals surface area contributed by atoms with Crippen molar-refractivity contribution in [3.8, 4) is 0 Å². The van der Waals surface area contributed by atoms with E-state index in [0.29, 0.717) is 13.1 Å².